The van der Waals surface area contributed by atoms with Crippen LogP contribution in [0, 0.1) is 0 Å². The van der Waals surface area contributed by atoms with Gasteiger partial charge in [-0.05, 0) is 32.2 Å². The summed E-state index contributed by atoms with van der Waals surface area (Å²) in [6, 6.07) is 0. The van der Waals surface area contributed by atoms with Gasteiger partial charge in [-0.3, -0.25) is 4.79 Å². The van der Waals surface area contributed by atoms with Gasteiger partial charge in [-0.15, -0.1) is 0 Å². The summed E-state index contributed by atoms with van der Waals surface area (Å²) >= 11 is 0. The fourth-order valence-electron chi connectivity index (χ4n) is 2.40. The van der Waals surface area contributed by atoms with Crippen molar-refractivity contribution < 1.29 is 24.2 Å². The first kappa shape index (κ1) is 23.7. The van der Waals surface area contributed by atoms with E-state index in [1.54, 1.807) is 0 Å². The Balaban J connectivity index is 3.93. The van der Waals surface area contributed by atoms with Gasteiger partial charge >= 0.3 is 12.1 Å². The second kappa shape index (κ2) is 17.5. The molecule has 0 saturated heterocycles. The van der Waals surface area contributed by atoms with Crippen molar-refractivity contribution in [3.8, 4) is 0 Å². The number of aliphatic carboxylic acids is 1. The second-order valence-electron chi connectivity index (χ2n) is 6.08. The van der Waals surface area contributed by atoms with E-state index >= 15 is 0 Å². The van der Waals surface area contributed by atoms with Crippen molar-refractivity contribution >= 4 is 12.1 Å². The molecule has 148 valence electrons. The van der Waals surface area contributed by atoms with E-state index in [1.165, 1.54) is 0 Å². The van der Waals surface area contributed by atoms with Gasteiger partial charge in [-0.25, -0.2) is 4.79 Å². The van der Waals surface area contributed by atoms with E-state index in [0.29, 0.717) is 19.4 Å². The summed E-state index contributed by atoms with van der Waals surface area (Å²) in [6.45, 7) is 7.68. The molecule has 0 aliphatic carbocycles. The molecule has 25 heavy (non-hydrogen) atoms. The van der Waals surface area contributed by atoms with Crippen LogP contribution in [0.2, 0.25) is 0 Å². The Labute approximate surface area is 151 Å². The van der Waals surface area contributed by atoms with Crippen LogP contribution in [0.4, 0.5) is 4.79 Å². The highest BCUT2D eigenvalue weighted by Crippen LogP contribution is 2.15. The highest BCUT2D eigenvalue weighted by Gasteiger charge is 2.16. The topological polar surface area (TPSA) is 96.9 Å². The number of ether oxygens (including phenoxy) is 2. The molecule has 0 aromatic heterocycles. The molecule has 0 rings (SSSR count). The van der Waals surface area contributed by atoms with Crippen molar-refractivity contribution in [2.24, 2.45) is 0 Å². The molecule has 1 unspecified atom stereocenters. The Morgan fingerprint density at radius 3 is 2.36 bits per heavy atom. The lowest BCUT2D eigenvalue weighted by atomic mass is 10.0. The van der Waals surface area contributed by atoms with E-state index in [-0.39, 0.29) is 19.1 Å². The fraction of sp³-hybridized carbons (Fsp3) is 0.889. The third kappa shape index (κ3) is 17.3. The van der Waals surface area contributed by atoms with Crippen molar-refractivity contribution in [1.29, 1.82) is 0 Å². The van der Waals surface area contributed by atoms with Gasteiger partial charge in [-0.2, -0.15) is 0 Å². The van der Waals surface area contributed by atoms with Crippen LogP contribution < -0.4 is 10.6 Å². The lowest BCUT2D eigenvalue weighted by Crippen LogP contribution is -2.30. The van der Waals surface area contributed by atoms with Crippen LogP contribution in [-0.2, 0) is 14.3 Å². The van der Waals surface area contributed by atoms with Gasteiger partial charge < -0.3 is 25.2 Å². The number of carboxylic acids is 1. The molecule has 7 heteroatoms. The molecule has 1 atom stereocenters. The lowest BCUT2D eigenvalue weighted by molar-refractivity contribution is -0.137. The zero-order valence-corrected chi connectivity index (χ0v) is 15.8. The van der Waals surface area contributed by atoms with Crippen LogP contribution in [-0.4, -0.2) is 56.1 Å². The van der Waals surface area contributed by atoms with Crippen LogP contribution in [0.25, 0.3) is 0 Å². The maximum Gasteiger partial charge on any atom is 0.508 e. The van der Waals surface area contributed by atoms with E-state index in [0.717, 1.165) is 51.7 Å². The smallest absolute Gasteiger partial charge is 0.481 e. The van der Waals surface area contributed by atoms with Crippen LogP contribution in [0.3, 0.4) is 0 Å². The SMILES string of the molecule is CCCCCCC(CCCC(=O)O)OC(=O)OCCNCCNCC. The van der Waals surface area contributed by atoms with E-state index < -0.39 is 12.1 Å². The van der Waals surface area contributed by atoms with E-state index in [4.69, 9.17) is 14.6 Å². The first-order chi connectivity index (χ1) is 12.1. The number of rotatable bonds is 17. The Hall–Kier alpha value is -1.34. The first-order valence-corrected chi connectivity index (χ1v) is 9.56. The molecular formula is C18H36N2O5. The molecule has 0 aromatic rings. The Bertz CT molecular complexity index is 339. The maximum absolute atomic E-state index is 11.8. The van der Waals surface area contributed by atoms with Gasteiger partial charge in [0, 0.05) is 26.1 Å². The predicted octanol–water partition coefficient (Wildman–Crippen LogP) is 2.93. The molecule has 0 radical (unpaired) electrons. The summed E-state index contributed by atoms with van der Waals surface area (Å²) in [7, 11) is 0. The molecule has 0 heterocycles. The van der Waals surface area contributed by atoms with Gasteiger partial charge in [0.05, 0.1) is 0 Å². The minimum absolute atomic E-state index is 0.0968. The molecule has 7 nitrogen and oxygen atoms in total. The molecule has 0 aliphatic heterocycles. The minimum Gasteiger partial charge on any atom is -0.481 e. The van der Waals surface area contributed by atoms with Crippen LogP contribution in [0.1, 0.15) is 65.2 Å². The van der Waals surface area contributed by atoms with Gasteiger partial charge in [0.15, 0.2) is 0 Å². The number of carbonyl (C=O) groups excluding carboxylic acids is 1. The molecule has 0 amide bonds. The van der Waals surface area contributed by atoms with E-state index in [1.807, 2.05) is 6.92 Å². The van der Waals surface area contributed by atoms with E-state index in [9.17, 15) is 9.59 Å². The van der Waals surface area contributed by atoms with Crippen LogP contribution >= 0.6 is 0 Å². The third-order valence-electron chi connectivity index (χ3n) is 3.79. The van der Waals surface area contributed by atoms with Gasteiger partial charge in [0.25, 0.3) is 0 Å². The number of nitrogens with one attached hydrogen (secondary N) is 2. The van der Waals surface area contributed by atoms with Crippen molar-refractivity contribution in [1.82, 2.24) is 10.6 Å². The molecule has 0 saturated carbocycles. The zero-order chi connectivity index (χ0) is 18.8. The summed E-state index contributed by atoms with van der Waals surface area (Å²) in [5.41, 5.74) is 0. The Morgan fingerprint density at radius 1 is 0.960 bits per heavy atom. The number of carboxylic acid groups (broad SMARTS) is 1. The predicted molar refractivity (Wildman–Crippen MR) is 97.9 cm³/mol. The summed E-state index contributed by atoms with van der Waals surface area (Å²) in [6.07, 6.45) is 5.38. The normalized spacial score (nSPS) is 11.9. The number of carbonyl (C=O) groups is 2. The minimum atomic E-state index is -0.823. The van der Waals surface area contributed by atoms with Crippen molar-refractivity contribution in [2.45, 2.75) is 71.3 Å². The lowest BCUT2D eigenvalue weighted by Gasteiger charge is -2.17. The van der Waals surface area contributed by atoms with Gasteiger partial charge in [0.2, 0.25) is 0 Å². The Kier molecular flexibility index (Phi) is 16.5. The molecule has 0 bridgehead atoms. The standard InChI is InChI=1S/C18H36N2O5/c1-3-5-6-7-9-16(10-8-11-17(21)22)25-18(23)24-15-14-20-13-12-19-4-2/h16,19-20H,3-15H2,1-2H3,(H,21,22). The number of likely N-dealkylation sites (N-methyl/N-ethyl adjacent to an activating group) is 1. The fourth-order valence-corrected chi connectivity index (χ4v) is 2.40. The quantitative estimate of drug-likeness (QED) is 0.271. The summed E-state index contributed by atoms with van der Waals surface area (Å²) in [4.78, 5) is 22.4. The molecule has 0 spiro atoms. The molecule has 3 N–H and O–H groups in total. The monoisotopic (exact) mass is 360 g/mol. The average Bonchev–Trinajstić information content (AvgIpc) is 2.57. The number of hydrogen-bond acceptors (Lipinski definition) is 6. The summed E-state index contributed by atoms with van der Waals surface area (Å²) < 4.78 is 10.4. The third-order valence-corrected chi connectivity index (χ3v) is 3.79. The van der Waals surface area contributed by atoms with Crippen molar-refractivity contribution in [2.75, 3.05) is 32.8 Å². The molecule has 0 fully saturated rings. The van der Waals surface area contributed by atoms with Gasteiger partial charge in [-0.1, -0.05) is 33.1 Å². The van der Waals surface area contributed by atoms with Gasteiger partial charge in [0.1, 0.15) is 12.7 Å². The molecular weight excluding hydrogens is 324 g/mol. The van der Waals surface area contributed by atoms with Crippen LogP contribution in [0.5, 0.6) is 0 Å². The zero-order valence-electron chi connectivity index (χ0n) is 15.8. The van der Waals surface area contributed by atoms with Crippen LogP contribution in [0.15, 0.2) is 0 Å². The highest BCUT2D eigenvalue weighted by atomic mass is 16.7. The highest BCUT2D eigenvalue weighted by molar-refractivity contribution is 5.66. The number of hydrogen-bond donors (Lipinski definition) is 3. The van der Waals surface area contributed by atoms with Crippen molar-refractivity contribution in [3.63, 3.8) is 0 Å². The molecule has 0 aliphatic rings. The average molecular weight is 360 g/mol. The summed E-state index contributed by atoms with van der Waals surface area (Å²) in [5.74, 6) is -0.823. The second-order valence-corrected chi connectivity index (χ2v) is 6.08. The van der Waals surface area contributed by atoms with Crippen molar-refractivity contribution in [3.05, 3.63) is 0 Å². The number of unbranched alkanes of at least 4 members (excludes halogenated alkanes) is 3. The van der Waals surface area contributed by atoms with E-state index in [2.05, 4.69) is 17.6 Å². The first-order valence-electron chi connectivity index (χ1n) is 9.56. The summed E-state index contributed by atoms with van der Waals surface area (Å²) in [5, 5.41) is 15.1. The Morgan fingerprint density at radius 2 is 1.68 bits per heavy atom. The maximum atomic E-state index is 11.8. The largest absolute Gasteiger partial charge is 0.508 e. The molecule has 0 aromatic carbocycles.